The fraction of sp³-hybridized carbons (Fsp3) is 0.167. The summed E-state index contributed by atoms with van der Waals surface area (Å²) in [5.41, 5.74) is 2.07. The number of nitrogens with zero attached hydrogens (tertiary/aromatic N) is 3. The molecule has 11 heteroatoms. The Hall–Kier alpha value is -3.66. The molecule has 2 N–H and O–H groups in total. The highest BCUT2D eigenvalue weighted by Gasteiger charge is 2.23. The summed E-state index contributed by atoms with van der Waals surface area (Å²) < 4.78 is 11.4. The number of nitrogens with one attached hydrogen (secondary N) is 2. The van der Waals surface area contributed by atoms with E-state index in [9.17, 15) is 9.59 Å². The normalized spacial score (nSPS) is 10.9. The molecule has 9 nitrogen and oxygen atoms in total. The standard InChI is InChI=1S/C24H21Cl2N5O4/c1-14-12-15(25)13-19(28-24(33)35-11-10-34-2)20(14)29-23(32)21-16-6-3-4-8-18(16)30-31(21)22-17(26)7-5-9-27-22/h3-9,12-13H,10-11H2,1-2H3,(H,28,33)(H,29,32). The van der Waals surface area contributed by atoms with Crippen LogP contribution in [-0.2, 0) is 9.47 Å². The minimum Gasteiger partial charge on any atom is -0.447 e. The molecular weight excluding hydrogens is 493 g/mol. The molecule has 2 aromatic heterocycles. The van der Waals surface area contributed by atoms with Crippen LogP contribution in [-0.4, -0.2) is 47.1 Å². The third-order valence-electron chi connectivity index (χ3n) is 5.03. The van der Waals surface area contributed by atoms with Gasteiger partial charge in [0.2, 0.25) is 0 Å². The zero-order valence-corrected chi connectivity index (χ0v) is 20.4. The summed E-state index contributed by atoms with van der Waals surface area (Å²) in [5, 5.41) is 11.4. The number of rotatable bonds is 7. The lowest BCUT2D eigenvalue weighted by molar-refractivity contribution is 0.102. The monoisotopic (exact) mass is 513 g/mol. The number of ether oxygens (including phenoxy) is 2. The molecule has 0 aliphatic carbocycles. The Morgan fingerprint density at radius 3 is 2.63 bits per heavy atom. The van der Waals surface area contributed by atoms with E-state index >= 15 is 0 Å². The minimum atomic E-state index is -0.713. The summed E-state index contributed by atoms with van der Waals surface area (Å²) in [6.45, 7) is 2.08. The predicted octanol–water partition coefficient (Wildman–Crippen LogP) is 5.48. The Labute approximate surface area is 211 Å². The quantitative estimate of drug-likeness (QED) is 0.316. The Morgan fingerprint density at radius 2 is 1.86 bits per heavy atom. The molecule has 0 saturated heterocycles. The summed E-state index contributed by atoms with van der Waals surface area (Å²) in [6.07, 6.45) is 0.852. The third kappa shape index (κ3) is 5.37. The van der Waals surface area contributed by atoms with Gasteiger partial charge in [-0.1, -0.05) is 41.4 Å². The summed E-state index contributed by atoms with van der Waals surface area (Å²) in [4.78, 5) is 30.2. The van der Waals surface area contributed by atoms with Crippen molar-refractivity contribution in [3.8, 4) is 5.82 Å². The highest BCUT2D eigenvalue weighted by Crippen LogP contribution is 2.32. The van der Waals surface area contributed by atoms with Crippen molar-refractivity contribution >= 4 is 57.5 Å². The van der Waals surface area contributed by atoms with Crippen LogP contribution in [0, 0.1) is 6.92 Å². The van der Waals surface area contributed by atoms with Crippen LogP contribution in [0.1, 0.15) is 16.1 Å². The van der Waals surface area contributed by atoms with Gasteiger partial charge < -0.3 is 14.8 Å². The van der Waals surface area contributed by atoms with Crippen LogP contribution in [0.2, 0.25) is 10.0 Å². The van der Waals surface area contributed by atoms with Gasteiger partial charge in [0, 0.05) is 23.7 Å². The smallest absolute Gasteiger partial charge is 0.411 e. The summed E-state index contributed by atoms with van der Waals surface area (Å²) in [5.74, 6) is -0.176. The number of halogens is 2. The summed E-state index contributed by atoms with van der Waals surface area (Å²) in [7, 11) is 1.50. The number of carbonyl (C=O) groups excluding carboxylic acids is 2. The SMILES string of the molecule is COCCOC(=O)Nc1cc(Cl)cc(C)c1NC(=O)c1c2ccccc2nn1-c1ncccc1Cl. The van der Waals surface area contributed by atoms with Crippen LogP contribution < -0.4 is 10.6 Å². The molecule has 0 bridgehead atoms. The largest absolute Gasteiger partial charge is 0.447 e. The third-order valence-corrected chi connectivity index (χ3v) is 5.54. The molecule has 2 aromatic carbocycles. The number of methoxy groups -OCH3 is 1. The number of fused-ring (bicyclic) bond motifs is 1. The molecule has 0 radical (unpaired) electrons. The predicted molar refractivity (Wildman–Crippen MR) is 135 cm³/mol. The van der Waals surface area contributed by atoms with E-state index in [1.165, 1.54) is 17.9 Å². The second-order valence-electron chi connectivity index (χ2n) is 7.44. The number of aromatic nitrogens is 3. The van der Waals surface area contributed by atoms with Gasteiger partial charge in [-0.05, 0) is 42.8 Å². The zero-order valence-electron chi connectivity index (χ0n) is 18.8. The van der Waals surface area contributed by atoms with Crippen molar-refractivity contribution in [3.63, 3.8) is 0 Å². The molecule has 0 saturated carbocycles. The maximum absolute atomic E-state index is 13.6. The first-order valence-corrected chi connectivity index (χ1v) is 11.3. The topological polar surface area (TPSA) is 107 Å². The van der Waals surface area contributed by atoms with Crippen molar-refractivity contribution in [1.82, 2.24) is 14.8 Å². The average Bonchev–Trinajstić information content (AvgIpc) is 3.21. The van der Waals surface area contributed by atoms with Gasteiger partial charge in [0.15, 0.2) is 5.82 Å². The fourth-order valence-corrected chi connectivity index (χ4v) is 3.96. The lowest BCUT2D eigenvalue weighted by Crippen LogP contribution is -2.21. The van der Waals surface area contributed by atoms with Gasteiger partial charge >= 0.3 is 6.09 Å². The molecule has 2 amide bonds. The van der Waals surface area contributed by atoms with E-state index in [4.69, 9.17) is 32.7 Å². The van der Waals surface area contributed by atoms with Gasteiger partial charge in [-0.25, -0.2) is 14.5 Å². The van der Waals surface area contributed by atoms with Crippen LogP contribution in [0.25, 0.3) is 16.7 Å². The van der Waals surface area contributed by atoms with Gasteiger partial charge in [0.25, 0.3) is 5.91 Å². The number of amides is 2. The molecule has 2 heterocycles. The second-order valence-corrected chi connectivity index (χ2v) is 8.28. The highest BCUT2D eigenvalue weighted by molar-refractivity contribution is 6.32. The van der Waals surface area contributed by atoms with E-state index in [2.05, 4.69) is 20.7 Å². The molecule has 180 valence electrons. The number of hydrogen-bond donors (Lipinski definition) is 2. The minimum absolute atomic E-state index is 0.0690. The lowest BCUT2D eigenvalue weighted by atomic mass is 10.1. The molecule has 0 spiro atoms. The Morgan fingerprint density at radius 1 is 1.06 bits per heavy atom. The van der Waals surface area contributed by atoms with Gasteiger partial charge in [0.1, 0.15) is 12.3 Å². The van der Waals surface area contributed by atoms with Gasteiger partial charge in [-0.15, -0.1) is 0 Å². The molecule has 4 rings (SSSR count). The molecule has 0 atom stereocenters. The second kappa shape index (κ2) is 10.7. The Bertz CT molecular complexity index is 1410. The van der Waals surface area contributed by atoms with Crippen LogP contribution in [0.3, 0.4) is 0 Å². The van der Waals surface area contributed by atoms with Crippen LogP contribution in [0.5, 0.6) is 0 Å². The van der Waals surface area contributed by atoms with Gasteiger partial charge in [-0.3, -0.25) is 10.1 Å². The van der Waals surface area contributed by atoms with Crippen molar-refractivity contribution in [2.75, 3.05) is 31.0 Å². The van der Waals surface area contributed by atoms with Crippen molar-refractivity contribution in [2.24, 2.45) is 0 Å². The molecule has 4 aromatic rings. The number of carbonyl (C=O) groups is 2. The maximum Gasteiger partial charge on any atom is 0.411 e. The summed E-state index contributed by atoms with van der Waals surface area (Å²) >= 11 is 12.6. The van der Waals surface area contributed by atoms with E-state index in [0.29, 0.717) is 38.0 Å². The van der Waals surface area contributed by atoms with Gasteiger partial charge in [0.05, 0.1) is 28.5 Å². The van der Waals surface area contributed by atoms with Crippen LogP contribution >= 0.6 is 23.2 Å². The number of hydrogen-bond acceptors (Lipinski definition) is 6. The zero-order chi connectivity index (χ0) is 24.9. The first-order valence-electron chi connectivity index (χ1n) is 10.5. The van der Waals surface area contributed by atoms with E-state index in [1.807, 2.05) is 12.1 Å². The van der Waals surface area contributed by atoms with Crippen LogP contribution in [0.15, 0.2) is 54.7 Å². The number of pyridine rings is 1. The van der Waals surface area contributed by atoms with Gasteiger partial charge in [-0.2, -0.15) is 5.10 Å². The maximum atomic E-state index is 13.6. The van der Waals surface area contributed by atoms with E-state index in [0.717, 1.165) is 0 Å². The highest BCUT2D eigenvalue weighted by atomic mass is 35.5. The van der Waals surface area contributed by atoms with Crippen molar-refractivity contribution in [2.45, 2.75) is 6.92 Å². The summed E-state index contributed by atoms with van der Waals surface area (Å²) in [6, 6.07) is 13.7. The number of benzene rings is 2. The number of aryl methyl sites for hydroxylation is 1. The fourth-order valence-electron chi connectivity index (χ4n) is 3.48. The first-order chi connectivity index (χ1) is 16.9. The Balaban J connectivity index is 1.73. The van der Waals surface area contributed by atoms with Crippen LogP contribution in [0.4, 0.5) is 16.2 Å². The molecule has 0 aliphatic heterocycles. The molecule has 35 heavy (non-hydrogen) atoms. The number of anilines is 2. The average molecular weight is 514 g/mol. The first kappa shape index (κ1) is 24.5. The van der Waals surface area contributed by atoms with E-state index < -0.39 is 12.0 Å². The molecule has 0 aliphatic rings. The van der Waals surface area contributed by atoms with Crippen molar-refractivity contribution < 1.29 is 19.1 Å². The molecule has 0 fully saturated rings. The molecule has 0 unspecified atom stereocenters. The van der Waals surface area contributed by atoms with E-state index in [1.54, 1.807) is 43.5 Å². The lowest BCUT2D eigenvalue weighted by Gasteiger charge is -2.16. The van der Waals surface area contributed by atoms with E-state index in [-0.39, 0.29) is 24.6 Å². The Kier molecular flexibility index (Phi) is 7.50. The van der Waals surface area contributed by atoms with Crippen molar-refractivity contribution in [1.29, 1.82) is 0 Å². The van der Waals surface area contributed by atoms with Crippen molar-refractivity contribution in [3.05, 3.63) is 76.0 Å². The molecular formula is C24H21Cl2N5O4.